The lowest BCUT2D eigenvalue weighted by molar-refractivity contribution is -0.123. The van der Waals surface area contributed by atoms with Crippen molar-refractivity contribution in [3.05, 3.63) is 29.8 Å². The first-order valence-corrected chi connectivity index (χ1v) is 4.92. The summed E-state index contributed by atoms with van der Waals surface area (Å²) in [7, 11) is 0. The molecule has 1 aromatic carbocycles. The second-order valence-corrected chi connectivity index (χ2v) is 4.09. The molecule has 82 valence electrons. The average Bonchev–Trinajstić information content (AvgIpc) is 2.90. The molecule has 5 heteroatoms. The van der Waals surface area contributed by atoms with E-state index in [0.717, 1.165) is 17.0 Å². The highest BCUT2D eigenvalue weighted by Crippen LogP contribution is 2.48. The van der Waals surface area contributed by atoms with Crippen molar-refractivity contribution in [3.63, 3.8) is 0 Å². The number of benzene rings is 1. The zero-order valence-electron chi connectivity index (χ0n) is 8.11. The van der Waals surface area contributed by atoms with E-state index in [2.05, 4.69) is 0 Å². The Morgan fingerprint density at radius 2 is 1.50 bits per heavy atom. The number of halogens is 2. The molecule has 2 aliphatic rings. The maximum Gasteiger partial charge on any atom is 0.237 e. The molecule has 1 saturated heterocycles. The molecule has 1 aliphatic heterocycles. The Balaban J connectivity index is 2.04. The van der Waals surface area contributed by atoms with Gasteiger partial charge in [0.2, 0.25) is 11.8 Å². The van der Waals surface area contributed by atoms with E-state index in [1.54, 1.807) is 0 Å². The van der Waals surface area contributed by atoms with Gasteiger partial charge in [-0.1, -0.05) is 0 Å². The molecule has 0 spiro atoms. The predicted molar refractivity (Wildman–Crippen MR) is 50.4 cm³/mol. The number of piperidine rings is 1. The van der Waals surface area contributed by atoms with Gasteiger partial charge in [-0.05, 0) is 18.6 Å². The van der Waals surface area contributed by atoms with Gasteiger partial charge in [-0.2, -0.15) is 0 Å². The molecule has 0 unspecified atom stereocenters. The Labute approximate surface area is 89.7 Å². The summed E-state index contributed by atoms with van der Waals surface area (Å²) in [4.78, 5) is 24.2. The topological polar surface area (TPSA) is 37.4 Å². The van der Waals surface area contributed by atoms with Crippen LogP contribution in [0.2, 0.25) is 0 Å². The second kappa shape index (κ2) is 2.87. The van der Waals surface area contributed by atoms with Crippen LogP contribution >= 0.6 is 0 Å². The molecule has 0 bridgehead atoms. The first-order valence-electron chi connectivity index (χ1n) is 4.92. The van der Waals surface area contributed by atoms with Gasteiger partial charge in [0, 0.05) is 6.07 Å². The maximum absolute atomic E-state index is 13.0. The number of hydrogen-bond acceptors (Lipinski definition) is 2. The van der Waals surface area contributed by atoms with E-state index in [1.807, 2.05) is 0 Å². The Hall–Kier alpha value is -1.78. The number of anilines is 1. The lowest BCUT2D eigenvalue weighted by Crippen LogP contribution is -2.32. The predicted octanol–water partition coefficient (Wildman–Crippen LogP) is 1.47. The van der Waals surface area contributed by atoms with Gasteiger partial charge in [-0.25, -0.2) is 13.7 Å². The quantitative estimate of drug-likeness (QED) is 0.676. The summed E-state index contributed by atoms with van der Waals surface area (Å²) in [6.45, 7) is 0. The first-order chi connectivity index (χ1) is 7.58. The van der Waals surface area contributed by atoms with Crippen LogP contribution in [-0.2, 0) is 9.59 Å². The summed E-state index contributed by atoms with van der Waals surface area (Å²) in [5.41, 5.74) is -0.0142. The van der Waals surface area contributed by atoms with Crippen LogP contribution in [0.1, 0.15) is 6.42 Å². The van der Waals surface area contributed by atoms with E-state index < -0.39 is 11.6 Å². The van der Waals surface area contributed by atoms with Crippen molar-refractivity contribution in [1.82, 2.24) is 0 Å². The van der Waals surface area contributed by atoms with E-state index in [1.165, 1.54) is 0 Å². The molecule has 2 atom stereocenters. The molecule has 16 heavy (non-hydrogen) atoms. The number of rotatable bonds is 1. The molecule has 2 amide bonds. The van der Waals surface area contributed by atoms with Crippen LogP contribution in [0.5, 0.6) is 0 Å². The highest BCUT2D eigenvalue weighted by Gasteiger charge is 2.59. The normalized spacial score (nSPS) is 27.2. The van der Waals surface area contributed by atoms with Crippen molar-refractivity contribution in [3.8, 4) is 0 Å². The highest BCUT2D eigenvalue weighted by molar-refractivity contribution is 6.24. The number of carbonyl (C=O) groups excluding carboxylic acids is 2. The van der Waals surface area contributed by atoms with Gasteiger partial charge in [0.05, 0.1) is 17.5 Å². The molecule has 3 nitrogen and oxygen atoms in total. The van der Waals surface area contributed by atoms with Gasteiger partial charge in [-0.15, -0.1) is 0 Å². The van der Waals surface area contributed by atoms with Gasteiger partial charge < -0.3 is 0 Å². The number of carbonyl (C=O) groups is 2. The minimum absolute atomic E-state index is 0.0142. The van der Waals surface area contributed by atoms with Crippen molar-refractivity contribution in [2.75, 3.05) is 4.90 Å². The van der Waals surface area contributed by atoms with Crippen molar-refractivity contribution in [2.45, 2.75) is 6.42 Å². The van der Waals surface area contributed by atoms with Crippen molar-refractivity contribution >= 4 is 17.5 Å². The van der Waals surface area contributed by atoms with E-state index in [0.29, 0.717) is 12.5 Å². The maximum atomic E-state index is 13.0. The number of imide groups is 1. The summed E-state index contributed by atoms with van der Waals surface area (Å²) in [6.07, 6.45) is 0.575. The molecule has 0 N–H and O–H groups in total. The third-order valence-electron chi connectivity index (χ3n) is 2.97. The first kappa shape index (κ1) is 9.45. The van der Waals surface area contributed by atoms with Crippen LogP contribution in [0.4, 0.5) is 14.5 Å². The minimum Gasteiger partial charge on any atom is -0.274 e. The standard InChI is InChI=1S/C11H7F2NO2/c12-5-1-6(13)3-7(2-5)14-10(15)8-4-9(8)11(14)16/h1-3,8-9H,4H2/t8-,9-/m1/s1. The largest absolute Gasteiger partial charge is 0.274 e. The van der Waals surface area contributed by atoms with E-state index in [9.17, 15) is 18.4 Å². The number of fused-ring (bicyclic) bond motifs is 1. The zero-order chi connectivity index (χ0) is 11.4. The monoisotopic (exact) mass is 223 g/mol. The Kier molecular flexibility index (Phi) is 1.70. The minimum atomic E-state index is -0.795. The fourth-order valence-corrected chi connectivity index (χ4v) is 2.10. The molecule has 0 radical (unpaired) electrons. The number of nitrogens with zero attached hydrogens (tertiary/aromatic N) is 1. The Bertz CT molecular complexity index is 474. The summed E-state index contributed by atoms with van der Waals surface area (Å²) in [5, 5.41) is 0. The lowest BCUT2D eigenvalue weighted by atomic mass is 10.2. The van der Waals surface area contributed by atoms with Crippen LogP contribution in [0.15, 0.2) is 18.2 Å². The zero-order valence-corrected chi connectivity index (χ0v) is 8.11. The smallest absolute Gasteiger partial charge is 0.237 e. The molecule has 1 aliphatic carbocycles. The highest BCUT2D eigenvalue weighted by atomic mass is 19.1. The van der Waals surface area contributed by atoms with Crippen LogP contribution in [0, 0.1) is 23.5 Å². The van der Waals surface area contributed by atoms with E-state index in [4.69, 9.17) is 0 Å². The van der Waals surface area contributed by atoms with Crippen LogP contribution in [0.3, 0.4) is 0 Å². The van der Waals surface area contributed by atoms with Crippen LogP contribution < -0.4 is 4.90 Å². The summed E-state index contributed by atoms with van der Waals surface area (Å²) >= 11 is 0. The summed E-state index contributed by atoms with van der Waals surface area (Å²) in [5.74, 6) is -2.81. The van der Waals surface area contributed by atoms with Gasteiger partial charge in [0.15, 0.2) is 0 Å². The Morgan fingerprint density at radius 3 is 2.00 bits per heavy atom. The molecule has 1 aromatic rings. The Morgan fingerprint density at radius 1 is 1.00 bits per heavy atom. The van der Waals surface area contributed by atoms with Gasteiger partial charge >= 0.3 is 0 Å². The SMILES string of the molecule is O=C1[C@@H]2C[C@H]2C(=O)N1c1cc(F)cc(F)c1. The third kappa shape index (κ3) is 1.17. The van der Waals surface area contributed by atoms with Crippen molar-refractivity contribution < 1.29 is 18.4 Å². The fraction of sp³-hybridized carbons (Fsp3) is 0.273. The molecular formula is C11H7F2NO2. The van der Waals surface area contributed by atoms with E-state index in [-0.39, 0.29) is 29.3 Å². The summed E-state index contributed by atoms with van der Waals surface area (Å²) in [6, 6.07) is 2.68. The molecule has 1 saturated carbocycles. The molecule has 1 heterocycles. The van der Waals surface area contributed by atoms with Gasteiger partial charge in [0.1, 0.15) is 11.6 Å². The number of amides is 2. The molecule has 0 aromatic heterocycles. The number of hydrogen-bond donors (Lipinski definition) is 0. The third-order valence-corrected chi connectivity index (χ3v) is 2.97. The average molecular weight is 223 g/mol. The molecular weight excluding hydrogens is 216 g/mol. The van der Waals surface area contributed by atoms with Crippen molar-refractivity contribution in [2.24, 2.45) is 11.8 Å². The van der Waals surface area contributed by atoms with Crippen molar-refractivity contribution in [1.29, 1.82) is 0 Å². The van der Waals surface area contributed by atoms with Crippen LogP contribution in [0.25, 0.3) is 0 Å². The molecule has 2 fully saturated rings. The van der Waals surface area contributed by atoms with E-state index >= 15 is 0 Å². The van der Waals surface area contributed by atoms with Gasteiger partial charge in [-0.3, -0.25) is 9.59 Å². The lowest BCUT2D eigenvalue weighted by Gasteiger charge is -2.16. The van der Waals surface area contributed by atoms with Crippen LogP contribution in [-0.4, -0.2) is 11.8 Å². The van der Waals surface area contributed by atoms with Gasteiger partial charge in [0.25, 0.3) is 0 Å². The fourth-order valence-electron chi connectivity index (χ4n) is 2.10. The summed E-state index contributed by atoms with van der Waals surface area (Å²) < 4.78 is 25.9. The molecule has 3 rings (SSSR count). The second-order valence-electron chi connectivity index (χ2n) is 4.09.